The number of rotatable bonds is 4. The molecule has 1 saturated carbocycles. The number of aliphatic hydroxyl groups excluding tert-OH is 1. The Labute approximate surface area is 121 Å². The topological polar surface area (TPSA) is 49.3 Å². The summed E-state index contributed by atoms with van der Waals surface area (Å²) in [6, 6.07) is 7.77. The summed E-state index contributed by atoms with van der Waals surface area (Å²) in [5.74, 6) is 0.342. The Morgan fingerprint density at radius 2 is 1.65 bits per heavy atom. The lowest BCUT2D eigenvalue weighted by Crippen LogP contribution is -2.23. The van der Waals surface area contributed by atoms with Crippen molar-refractivity contribution >= 4 is 11.6 Å². The van der Waals surface area contributed by atoms with Crippen LogP contribution in [0.3, 0.4) is 0 Å². The van der Waals surface area contributed by atoms with E-state index in [1.54, 1.807) is 0 Å². The molecule has 0 spiro atoms. The molecule has 2 N–H and O–H groups in total. The van der Waals surface area contributed by atoms with Crippen LogP contribution < -0.4 is 5.32 Å². The molecule has 0 atom stereocenters. The summed E-state index contributed by atoms with van der Waals surface area (Å²) in [4.78, 5) is 12.3. The molecule has 0 radical (unpaired) electrons. The molecule has 0 aliphatic heterocycles. The predicted octanol–water partition coefficient (Wildman–Crippen LogP) is 3.52. The van der Waals surface area contributed by atoms with E-state index in [4.69, 9.17) is 5.11 Å². The number of carbonyl (C=O) groups excluding carboxylic acids is 1. The Kier molecular flexibility index (Phi) is 6.06. The van der Waals surface area contributed by atoms with E-state index in [1.807, 2.05) is 24.3 Å². The minimum Gasteiger partial charge on any atom is -0.396 e. The van der Waals surface area contributed by atoms with Gasteiger partial charge in [-0.1, -0.05) is 44.2 Å². The second-order valence-electron chi connectivity index (χ2n) is 5.70. The van der Waals surface area contributed by atoms with Crippen molar-refractivity contribution < 1.29 is 9.90 Å². The van der Waals surface area contributed by atoms with Gasteiger partial charge in [0.15, 0.2) is 0 Å². The van der Waals surface area contributed by atoms with Gasteiger partial charge in [0, 0.05) is 18.2 Å². The number of carbonyl (C=O) groups is 1. The molecule has 20 heavy (non-hydrogen) atoms. The first-order valence-corrected chi connectivity index (χ1v) is 7.80. The fourth-order valence-electron chi connectivity index (χ4n) is 2.85. The van der Waals surface area contributed by atoms with Crippen molar-refractivity contribution in [2.45, 2.75) is 51.4 Å². The van der Waals surface area contributed by atoms with Crippen LogP contribution in [-0.2, 0) is 11.2 Å². The molecule has 0 bridgehead atoms. The molecule has 0 unspecified atom stereocenters. The second-order valence-corrected chi connectivity index (χ2v) is 5.70. The van der Waals surface area contributed by atoms with Crippen LogP contribution in [0, 0.1) is 5.92 Å². The third-order valence-corrected chi connectivity index (χ3v) is 4.10. The van der Waals surface area contributed by atoms with E-state index in [0.717, 1.165) is 24.1 Å². The highest BCUT2D eigenvalue weighted by molar-refractivity contribution is 5.92. The highest BCUT2D eigenvalue weighted by Crippen LogP contribution is 2.23. The molecular weight excluding hydrogens is 250 g/mol. The monoisotopic (exact) mass is 275 g/mol. The average molecular weight is 275 g/mol. The molecule has 3 nitrogen and oxygen atoms in total. The van der Waals surface area contributed by atoms with Gasteiger partial charge < -0.3 is 10.4 Å². The maximum atomic E-state index is 12.3. The lowest BCUT2D eigenvalue weighted by atomic mass is 9.90. The number of amides is 1. The predicted molar refractivity (Wildman–Crippen MR) is 81.7 cm³/mol. The van der Waals surface area contributed by atoms with E-state index in [0.29, 0.717) is 6.42 Å². The Morgan fingerprint density at radius 3 is 2.25 bits per heavy atom. The Bertz CT molecular complexity index is 406. The van der Waals surface area contributed by atoms with Crippen LogP contribution in [0.25, 0.3) is 0 Å². The fourth-order valence-corrected chi connectivity index (χ4v) is 2.85. The van der Waals surface area contributed by atoms with Crippen LogP contribution in [0.15, 0.2) is 24.3 Å². The maximum Gasteiger partial charge on any atom is 0.227 e. The Balaban J connectivity index is 1.88. The molecule has 1 aromatic rings. The van der Waals surface area contributed by atoms with Crippen molar-refractivity contribution in [2.24, 2.45) is 5.92 Å². The molecule has 110 valence electrons. The van der Waals surface area contributed by atoms with Gasteiger partial charge in [0.2, 0.25) is 5.91 Å². The standard InChI is InChI=1S/C17H25NO2/c19-13-12-14-8-10-16(11-9-14)18-17(20)15-6-4-2-1-3-5-7-15/h8-11,15,19H,1-7,12-13H2,(H,18,20). The van der Waals surface area contributed by atoms with Crippen LogP contribution in [0.4, 0.5) is 5.69 Å². The quantitative estimate of drug-likeness (QED) is 0.883. The highest BCUT2D eigenvalue weighted by atomic mass is 16.2. The van der Waals surface area contributed by atoms with Crippen molar-refractivity contribution in [3.63, 3.8) is 0 Å². The van der Waals surface area contributed by atoms with Crippen LogP contribution in [0.5, 0.6) is 0 Å². The van der Waals surface area contributed by atoms with Crippen LogP contribution in [0.1, 0.15) is 50.5 Å². The molecule has 3 heteroatoms. The van der Waals surface area contributed by atoms with Crippen molar-refractivity contribution in [2.75, 3.05) is 11.9 Å². The molecule has 2 rings (SSSR count). The molecule has 1 amide bonds. The zero-order chi connectivity index (χ0) is 14.2. The summed E-state index contributed by atoms with van der Waals surface area (Å²) in [6.45, 7) is 0.160. The van der Waals surface area contributed by atoms with Gasteiger partial charge in [-0.05, 0) is 37.0 Å². The van der Waals surface area contributed by atoms with Gasteiger partial charge in [-0.2, -0.15) is 0 Å². The van der Waals surface area contributed by atoms with Crippen molar-refractivity contribution in [3.05, 3.63) is 29.8 Å². The first-order valence-electron chi connectivity index (χ1n) is 7.80. The SMILES string of the molecule is O=C(Nc1ccc(CCO)cc1)C1CCCCCCC1. The highest BCUT2D eigenvalue weighted by Gasteiger charge is 2.19. The van der Waals surface area contributed by atoms with Crippen LogP contribution in [0.2, 0.25) is 0 Å². The van der Waals surface area contributed by atoms with Gasteiger partial charge in [0.05, 0.1) is 0 Å². The molecular formula is C17H25NO2. The first-order chi connectivity index (χ1) is 9.79. The summed E-state index contributed by atoms with van der Waals surface area (Å²) in [5, 5.41) is 11.9. The first kappa shape index (κ1) is 15.0. The number of nitrogens with one attached hydrogen (secondary N) is 1. The summed E-state index contributed by atoms with van der Waals surface area (Å²) in [7, 11) is 0. The van der Waals surface area contributed by atoms with Gasteiger partial charge in [-0.25, -0.2) is 0 Å². The number of anilines is 1. The van der Waals surface area contributed by atoms with Crippen molar-refractivity contribution in [3.8, 4) is 0 Å². The van der Waals surface area contributed by atoms with Crippen LogP contribution >= 0.6 is 0 Å². The zero-order valence-corrected chi connectivity index (χ0v) is 12.1. The summed E-state index contributed by atoms with van der Waals surface area (Å²) >= 11 is 0. The van der Waals surface area contributed by atoms with Gasteiger partial charge in [0.25, 0.3) is 0 Å². The van der Waals surface area contributed by atoms with Gasteiger partial charge in [0.1, 0.15) is 0 Å². The largest absolute Gasteiger partial charge is 0.396 e. The molecule has 0 aromatic heterocycles. The van der Waals surface area contributed by atoms with E-state index in [1.165, 1.54) is 32.1 Å². The van der Waals surface area contributed by atoms with Crippen LogP contribution in [-0.4, -0.2) is 17.6 Å². The Hall–Kier alpha value is -1.35. The van der Waals surface area contributed by atoms with Gasteiger partial charge in [-0.3, -0.25) is 4.79 Å². The molecule has 0 heterocycles. The van der Waals surface area contributed by atoms with Gasteiger partial charge >= 0.3 is 0 Å². The summed E-state index contributed by atoms with van der Waals surface area (Å²) < 4.78 is 0. The molecule has 1 aliphatic rings. The average Bonchev–Trinajstić information content (AvgIpc) is 2.41. The molecule has 1 aromatic carbocycles. The maximum absolute atomic E-state index is 12.3. The number of hydrogen-bond donors (Lipinski definition) is 2. The smallest absolute Gasteiger partial charge is 0.227 e. The zero-order valence-electron chi connectivity index (χ0n) is 12.1. The van der Waals surface area contributed by atoms with E-state index in [9.17, 15) is 4.79 Å². The van der Waals surface area contributed by atoms with Crippen molar-refractivity contribution in [1.82, 2.24) is 0 Å². The number of benzene rings is 1. The molecule has 1 aliphatic carbocycles. The van der Waals surface area contributed by atoms with Gasteiger partial charge in [-0.15, -0.1) is 0 Å². The van der Waals surface area contributed by atoms with E-state index >= 15 is 0 Å². The fraction of sp³-hybridized carbons (Fsp3) is 0.588. The lowest BCUT2D eigenvalue weighted by molar-refractivity contribution is -0.120. The minimum atomic E-state index is 0.160. The summed E-state index contributed by atoms with van der Waals surface area (Å²) in [5.41, 5.74) is 1.95. The third kappa shape index (κ3) is 4.64. The second kappa shape index (κ2) is 8.05. The minimum absolute atomic E-state index is 0.160. The number of hydrogen-bond acceptors (Lipinski definition) is 2. The number of aliphatic hydroxyl groups is 1. The lowest BCUT2D eigenvalue weighted by Gasteiger charge is -2.19. The molecule has 1 fully saturated rings. The Morgan fingerprint density at radius 1 is 1.05 bits per heavy atom. The summed E-state index contributed by atoms with van der Waals surface area (Å²) in [6.07, 6.45) is 8.90. The molecule has 0 saturated heterocycles. The third-order valence-electron chi connectivity index (χ3n) is 4.10. The van der Waals surface area contributed by atoms with E-state index in [-0.39, 0.29) is 18.4 Å². The van der Waals surface area contributed by atoms with E-state index < -0.39 is 0 Å². The normalized spacial score (nSPS) is 17.2. The van der Waals surface area contributed by atoms with Crippen molar-refractivity contribution in [1.29, 1.82) is 0 Å². The van der Waals surface area contributed by atoms with E-state index in [2.05, 4.69) is 5.32 Å².